The molecule has 1 amide bonds. The first-order valence-electron chi connectivity index (χ1n) is 8.42. The Morgan fingerprint density at radius 2 is 1.69 bits per heavy atom. The van der Waals surface area contributed by atoms with Gasteiger partial charge in [-0.3, -0.25) is 9.69 Å². The standard InChI is InChI=1S/C20H19ClF2N2O/c21-17-14-19(23)18(22)13-16(17)20(26)25-11-9-24(10-12-25)8-4-7-15-5-2-1-3-6-15/h1-7,13-14H,8-12H2/b7-4-. The van der Waals surface area contributed by atoms with Gasteiger partial charge in [-0.15, -0.1) is 0 Å². The Morgan fingerprint density at radius 3 is 2.38 bits per heavy atom. The SMILES string of the molecule is O=C(c1cc(F)c(F)cc1Cl)N1CCN(C/C=C\c2ccccc2)CC1. The first-order chi connectivity index (χ1) is 12.5. The minimum Gasteiger partial charge on any atom is -0.336 e. The smallest absolute Gasteiger partial charge is 0.255 e. The van der Waals surface area contributed by atoms with Crippen molar-refractivity contribution in [3.63, 3.8) is 0 Å². The van der Waals surface area contributed by atoms with Crippen LogP contribution in [0.15, 0.2) is 48.5 Å². The molecule has 1 saturated heterocycles. The zero-order valence-electron chi connectivity index (χ0n) is 14.2. The van der Waals surface area contributed by atoms with Crippen LogP contribution >= 0.6 is 11.6 Å². The third-order valence-corrected chi connectivity index (χ3v) is 4.69. The molecule has 0 saturated carbocycles. The second kappa shape index (κ2) is 8.43. The number of piperazine rings is 1. The van der Waals surface area contributed by atoms with Crippen molar-refractivity contribution in [2.45, 2.75) is 0 Å². The number of carbonyl (C=O) groups is 1. The van der Waals surface area contributed by atoms with E-state index in [0.717, 1.165) is 24.2 Å². The monoisotopic (exact) mass is 376 g/mol. The minimum atomic E-state index is -1.07. The molecular weight excluding hydrogens is 358 g/mol. The molecule has 2 aromatic rings. The molecule has 0 bridgehead atoms. The molecule has 0 aromatic heterocycles. The van der Waals surface area contributed by atoms with Crippen LogP contribution in [0.1, 0.15) is 15.9 Å². The van der Waals surface area contributed by atoms with Crippen LogP contribution in [0.2, 0.25) is 5.02 Å². The van der Waals surface area contributed by atoms with E-state index >= 15 is 0 Å². The lowest BCUT2D eigenvalue weighted by atomic mass is 10.1. The van der Waals surface area contributed by atoms with Gasteiger partial charge in [0.05, 0.1) is 10.6 Å². The van der Waals surface area contributed by atoms with E-state index in [1.165, 1.54) is 0 Å². The lowest BCUT2D eigenvalue weighted by molar-refractivity contribution is 0.0650. The fourth-order valence-electron chi connectivity index (χ4n) is 2.89. The van der Waals surface area contributed by atoms with Gasteiger partial charge in [-0.2, -0.15) is 0 Å². The molecule has 3 rings (SSSR count). The summed E-state index contributed by atoms with van der Waals surface area (Å²) < 4.78 is 26.6. The van der Waals surface area contributed by atoms with Gasteiger partial charge >= 0.3 is 0 Å². The van der Waals surface area contributed by atoms with Crippen molar-refractivity contribution < 1.29 is 13.6 Å². The van der Waals surface area contributed by atoms with Gasteiger partial charge in [0.25, 0.3) is 5.91 Å². The number of halogens is 3. The van der Waals surface area contributed by atoms with E-state index in [4.69, 9.17) is 11.6 Å². The molecule has 0 radical (unpaired) electrons. The minimum absolute atomic E-state index is 0.00277. The molecule has 0 spiro atoms. The predicted octanol–water partition coefficient (Wildman–Crippen LogP) is 4.09. The number of nitrogens with zero attached hydrogens (tertiary/aromatic N) is 2. The maximum absolute atomic E-state index is 13.4. The fraction of sp³-hybridized carbons (Fsp3) is 0.250. The third kappa shape index (κ3) is 4.48. The van der Waals surface area contributed by atoms with E-state index in [1.807, 2.05) is 30.3 Å². The van der Waals surface area contributed by atoms with Crippen molar-refractivity contribution in [3.8, 4) is 0 Å². The number of hydrogen-bond donors (Lipinski definition) is 0. The quantitative estimate of drug-likeness (QED) is 0.750. The summed E-state index contributed by atoms with van der Waals surface area (Å²) >= 11 is 5.90. The molecule has 2 aromatic carbocycles. The molecule has 0 unspecified atom stereocenters. The van der Waals surface area contributed by atoms with Crippen LogP contribution in [0, 0.1) is 11.6 Å². The number of hydrogen-bond acceptors (Lipinski definition) is 2. The van der Waals surface area contributed by atoms with E-state index in [1.54, 1.807) is 4.90 Å². The van der Waals surface area contributed by atoms with Gasteiger partial charge in [-0.05, 0) is 17.7 Å². The lowest BCUT2D eigenvalue weighted by Gasteiger charge is -2.34. The van der Waals surface area contributed by atoms with E-state index in [9.17, 15) is 13.6 Å². The van der Waals surface area contributed by atoms with Crippen molar-refractivity contribution in [1.29, 1.82) is 0 Å². The van der Waals surface area contributed by atoms with Crippen molar-refractivity contribution in [1.82, 2.24) is 9.80 Å². The Kier molecular flexibility index (Phi) is 6.01. The summed E-state index contributed by atoms with van der Waals surface area (Å²) in [7, 11) is 0. The zero-order chi connectivity index (χ0) is 18.5. The van der Waals surface area contributed by atoms with Crippen LogP contribution in [0.3, 0.4) is 0 Å². The van der Waals surface area contributed by atoms with Gasteiger partial charge in [-0.1, -0.05) is 54.1 Å². The Morgan fingerprint density at radius 1 is 1.04 bits per heavy atom. The molecule has 1 heterocycles. The molecule has 1 aliphatic heterocycles. The second-order valence-corrected chi connectivity index (χ2v) is 6.56. The van der Waals surface area contributed by atoms with Gasteiger partial charge in [-0.25, -0.2) is 8.78 Å². The molecule has 3 nitrogen and oxygen atoms in total. The molecule has 6 heteroatoms. The first-order valence-corrected chi connectivity index (χ1v) is 8.80. The number of rotatable bonds is 4. The van der Waals surface area contributed by atoms with Gasteiger partial charge in [0.15, 0.2) is 11.6 Å². The Hall–Kier alpha value is -2.24. The molecule has 0 aliphatic carbocycles. The van der Waals surface area contributed by atoms with Crippen molar-refractivity contribution in [2.24, 2.45) is 0 Å². The number of carbonyl (C=O) groups excluding carboxylic acids is 1. The van der Waals surface area contributed by atoms with Crippen LogP contribution in [-0.2, 0) is 0 Å². The molecule has 1 fully saturated rings. The summed E-state index contributed by atoms with van der Waals surface area (Å²) in [5.74, 6) is -2.49. The molecule has 26 heavy (non-hydrogen) atoms. The topological polar surface area (TPSA) is 23.6 Å². The molecule has 0 atom stereocenters. The average molecular weight is 377 g/mol. The summed E-state index contributed by atoms with van der Waals surface area (Å²) in [6.07, 6.45) is 4.16. The molecular formula is C20H19ClF2N2O. The first kappa shape index (κ1) is 18.5. The molecule has 1 aliphatic rings. The van der Waals surface area contributed by atoms with E-state index in [-0.39, 0.29) is 16.5 Å². The second-order valence-electron chi connectivity index (χ2n) is 6.15. The van der Waals surface area contributed by atoms with Gasteiger partial charge in [0.2, 0.25) is 0 Å². The van der Waals surface area contributed by atoms with Crippen molar-refractivity contribution in [3.05, 3.63) is 76.3 Å². The van der Waals surface area contributed by atoms with Crippen LogP contribution in [-0.4, -0.2) is 48.4 Å². The summed E-state index contributed by atoms with van der Waals surface area (Å²) in [4.78, 5) is 16.4. The normalized spacial score (nSPS) is 15.6. The van der Waals surface area contributed by atoms with Gasteiger partial charge < -0.3 is 4.90 Å². The van der Waals surface area contributed by atoms with Crippen LogP contribution in [0.5, 0.6) is 0 Å². The highest BCUT2D eigenvalue weighted by Crippen LogP contribution is 2.22. The van der Waals surface area contributed by atoms with Crippen LogP contribution in [0.4, 0.5) is 8.78 Å². The predicted molar refractivity (Wildman–Crippen MR) is 99.2 cm³/mol. The summed E-state index contributed by atoms with van der Waals surface area (Å²) in [6, 6.07) is 11.8. The van der Waals surface area contributed by atoms with Gasteiger partial charge in [0, 0.05) is 32.7 Å². The van der Waals surface area contributed by atoms with Crippen LogP contribution in [0.25, 0.3) is 6.08 Å². The van der Waals surface area contributed by atoms with E-state index in [0.29, 0.717) is 26.2 Å². The summed E-state index contributed by atoms with van der Waals surface area (Å²) in [5, 5.41) is -0.0675. The van der Waals surface area contributed by atoms with Crippen LogP contribution < -0.4 is 0 Å². The molecule has 0 N–H and O–H groups in total. The molecule has 136 valence electrons. The summed E-state index contributed by atoms with van der Waals surface area (Å²) in [5.41, 5.74) is 1.15. The Bertz CT molecular complexity index is 803. The maximum atomic E-state index is 13.4. The highest BCUT2D eigenvalue weighted by molar-refractivity contribution is 6.33. The van der Waals surface area contributed by atoms with E-state index in [2.05, 4.69) is 17.1 Å². The summed E-state index contributed by atoms with van der Waals surface area (Å²) in [6.45, 7) is 3.27. The van der Waals surface area contributed by atoms with E-state index < -0.39 is 11.6 Å². The van der Waals surface area contributed by atoms with Gasteiger partial charge in [0.1, 0.15) is 0 Å². The average Bonchev–Trinajstić information content (AvgIpc) is 2.66. The van der Waals surface area contributed by atoms with Crippen molar-refractivity contribution in [2.75, 3.05) is 32.7 Å². The highest BCUT2D eigenvalue weighted by atomic mass is 35.5. The Labute approximate surface area is 156 Å². The lowest BCUT2D eigenvalue weighted by Crippen LogP contribution is -2.48. The highest BCUT2D eigenvalue weighted by Gasteiger charge is 2.24. The largest absolute Gasteiger partial charge is 0.336 e. The van der Waals surface area contributed by atoms with Crippen molar-refractivity contribution >= 4 is 23.6 Å². The fourth-order valence-corrected chi connectivity index (χ4v) is 3.12. The third-order valence-electron chi connectivity index (χ3n) is 4.37. The number of benzene rings is 2. The zero-order valence-corrected chi connectivity index (χ0v) is 14.9. The number of amides is 1. The maximum Gasteiger partial charge on any atom is 0.255 e. The Balaban J connectivity index is 1.54.